The molecule has 1 fully saturated rings. The Hall–Kier alpha value is -1.55. The minimum absolute atomic E-state index is 0. The van der Waals surface area contributed by atoms with Gasteiger partial charge in [-0.25, -0.2) is 4.79 Å². The molecule has 0 spiro atoms. The number of aliphatic imine (C=N–C) groups is 1. The van der Waals surface area contributed by atoms with Gasteiger partial charge in [-0.2, -0.15) is 0 Å². The molecule has 1 aromatic carbocycles. The van der Waals surface area contributed by atoms with Crippen LogP contribution in [-0.2, 0) is 16.1 Å². The van der Waals surface area contributed by atoms with Gasteiger partial charge in [0.15, 0.2) is 5.96 Å². The number of rotatable bonds is 7. The van der Waals surface area contributed by atoms with E-state index in [1.807, 2.05) is 39.0 Å². The molecular formula is C22H37IN4O3. The van der Waals surface area contributed by atoms with Gasteiger partial charge in [-0.1, -0.05) is 30.3 Å². The van der Waals surface area contributed by atoms with E-state index in [2.05, 4.69) is 27.3 Å². The molecule has 0 saturated carbocycles. The summed E-state index contributed by atoms with van der Waals surface area (Å²) < 4.78 is 11.3. The maximum Gasteiger partial charge on any atom is 0.410 e. The van der Waals surface area contributed by atoms with Gasteiger partial charge in [0.1, 0.15) is 5.60 Å². The molecule has 1 aromatic rings. The lowest BCUT2D eigenvalue weighted by atomic mass is 10.1. The summed E-state index contributed by atoms with van der Waals surface area (Å²) in [6.07, 6.45) is 0.777. The van der Waals surface area contributed by atoms with Crippen LogP contribution in [-0.4, -0.2) is 74.3 Å². The highest BCUT2D eigenvalue weighted by molar-refractivity contribution is 14.0. The maximum atomic E-state index is 12.0. The first-order valence-corrected chi connectivity index (χ1v) is 10.3. The van der Waals surface area contributed by atoms with Gasteiger partial charge in [0.05, 0.1) is 13.2 Å². The monoisotopic (exact) mass is 532 g/mol. The van der Waals surface area contributed by atoms with Crippen molar-refractivity contribution in [3.8, 4) is 0 Å². The van der Waals surface area contributed by atoms with Crippen LogP contribution < -0.4 is 5.32 Å². The molecule has 1 unspecified atom stereocenters. The predicted octanol–water partition coefficient (Wildman–Crippen LogP) is 3.59. The quantitative estimate of drug-likeness (QED) is 0.331. The number of likely N-dealkylation sites (tertiary alicyclic amines) is 1. The number of halogens is 1. The lowest BCUT2D eigenvalue weighted by molar-refractivity contribution is 0.0302. The average molecular weight is 532 g/mol. The van der Waals surface area contributed by atoms with Crippen LogP contribution in [0.15, 0.2) is 35.3 Å². The number of benzene rings is 1. The molecule has 1 N–H and O–H groups in total. The topological polar surface area (TPSA) is 66.4 Å². The predicted molar refractivity (Wildman–Crippen MR) is 131 cm³/mol. The van der Waals surface area contributed by atoms with Crippen LogP contribution in [0.1, 0.15) is 32.8 Å². The summed E-state index contributed by atoms with van der Waals surface area (Å²) in [4.78, 5) is 20.2. The maximum absolute atomic E-state index is 12.0. The minimum Gasteiger partial charge on any atom is -0.444 e. The van der Waals surface area contributed by atoms with Crippen molar-refractivity contribution < 1.29 is 14.3 Å². The van der Waals surface area contributed by atoms with E-state index in [1.165, 1.54) is 5.56 Å². The third-order valence-corrected chi connectivity index (χ3v) is 4.70. The summed E-state index contributed by atoms with van der Waals surface area (Å²) >= 11 is 0. The number of amides is 1. The molecule has 170 valence electrons. The SMILES string of the molecule is CN=C(NCCN(C)C(=O)OC(C)(C)C)N1CCC(COCc2ccccc2)C1.I. The third kappa shape index (κ3) is 9.51. The Labute approximate surface area is 198 Å². The Bertz CT molecular complexity index is 664. The molecule has 7 nitrogen and oxygen atoms in total. The summed E-state index contributed by atoms with van der Waals surface area (Å²) in [7, 11) is 3.54. The molecule has 2 rings (SSSR count). The smallest absolute Gasteiger partial charge is 0.410 e. The molecule has 1 heterocycles. The highest BCUT2D eigenvalue weighted by Crippen LogP contribution is 2.17. The Balaban J connectivity index is 0.00000450. The number of nitrogens with one attached hydrogen (secondary N) is 1. The fourth-order valence-electron chi connectivity index (χ4n) is 3.18. The van der Waals surface area contributed by atoms with Crippen molar-refractivity contribution in [2.75, 3.05) is 46.9 Å². The lowest BCUT2D eigenvalue weighted by Gasteiger charge is -2.26. The van der Waals surface area contributed by atoms with E-state index in [1.54, 1.807) is 19.0 Å². The minimum atomic E-state index is -0.484. The van der Waals surface area contributed by atoms with Crippen LogP contribution in [0.4, 0.5) is 4.79 Å². The molecule has 30 heavy (non-hydrogen) atoms. The number of carbonyl (C=O) groups excluding carboxylic acids is 1. The van der Waals surface area contributed by atoms with Crippen molar-refractivity contribution in [1.29, 1.82) is 0 Å². The zero-order valence-electron chi connectivity index (χ0n) is 18.9. The largest absolute Gasteiger partial charge is 0.444 e. The highest BCUT2D eigenvalue weighted by atomic mass is 127. The molecule has 1 amide bonds. The van der Waals surface area contributed by atoms with Crippen molar-refractivity contribution >= 4 is 36.0 Å². The second-order valence-electron chi connectivity index (χ2n) is 8.48. The molecule has 0 bridgehead atoms. The third-order valence-electron chi connectivity index (χ3n) is 4.70. The van der Waals surface area contributed by atoms with E-state index in [-0.39, 0.29) is 30.1 Å². The molecule has 1 aliphatic heterocycles. The van der Waals surface area contributed by atoms with Crippen molar-refractivity contribution in [3.05, 3.63) is 35.9 Å². The van der Waals surface area contributed by atoms with Gasteiger partial charge < -0.3 is 24.6 Å². The van der Waals surface area contributed by atoms with Crippen LogP contribution in [0.5, 0.6) is 0 Å². The molecule has 8 heteroatoms. The average Bonchev–Trinajstić information content (AvgIpc) is 3.13. The van der Waals surface area contributed by atoms with E-state index in [0.29, 0.717) is 25.6 Å². The standard InChI is InChI=1S/C22H36N4O3.HI/c1-22(2,3)29-21(27)25(5)14-12-24-20(23-4)26-13-11-19(15-26)17-28-16-18-9-7-6-8-10-18;/h6-10,19H,11-17H2,1-5H3,(H,23,24);1H. The zero-order valence-corrected chi connectivity index (χ0v) is 21.2. The van der Waals surface area contributed by atoms with Gasteiger partial charge in [0, 0.05) is 46.2 Å². The Morgan fingerprint density at radius 1 is 1.30 bits per heavy atom. The number of likely N-dealkylation sites (N-methyl/N-ethyl adjacent to an activating group) is 1. The molecule has 1 saturated heterocycles. The molecule has 0 aliphatic carbocycles. The summed E-state index contributed by atoms with van der Waals surface area (Å²) in [5.74, 6) is 1.37. The first-order chi connectivity index (χ1) is 13.8. The Morgan fingerprint density at radius 2 is 2.00 bits per heavy atom. The Morgan fingerprint density at radius 3 is 2.63 bits per heavy atom. The zero-order chi connectivity index (χ0) is 21.3. The van der Waals surface area contributed by atoms with Gasteiger partial charge >= 0.3 is 6.09 Å². The van der Waals surface area contributed by atoms with Crippen LogP contribution in [0.3, 0.4) is 0 Å². The van der Waals surface area contributed by atoms with Crippen LogP contribution in [0.2, 0.25) is 0 Å². The van der Waals surface area contributed by atoms with Gasteiger partial charge in [0.25, 0.3) is 0 Å². The molecule has 0 aromatic heterocycles. The lowest BCUT2D eigenvalue weighted by Crippen LogP contribution is -2.44. The van der Waals surface area contributed by atoms with Gasteiger partial charge in [-0.05, 0) is 32.8 Å². The highest BCUT2D eigenvalue weighted by Gasteiger charge is 2.25. The normalized spacial score (nSPS) is 16.8. The van der Waals surface area contributed by atoms with Gasteiger partial charge in [-0.15, -0.1) is 24.0 Å². The van der Waals surface area contributed by atoms with E-state index in [9.17, 15) is 4.79 Å². The van der Waals surface area contributed by atoms with Crippen LogP contribution in [0.25, 0.3) is 0 Å². The van der Waals surface area contributed by atoms with Gasteiger partial charge in [-0.3, -0.25) is 4.99 Å². The van der Waals surface area contributed by atoms with Crippen molar-refractivity contribution in [1.82, 2.24) is 15.1 Å². The Kier molecular flexibility index (Phi) is 11.5. The molecular weight excluding hydrogens is 495 g/mol. The second kappa shape index (κ2) is 13.0. The summed E-state index contributed by atoms with van der Waals surface area (Å²) in [5, 5.41) is 3.35. The molecule has 1 aliphatic rings. The number of carbonyl (C=O) groups is 1. The van der Waals surface area contributed by atoms with E-state index in [4.69, 9.17) is 9.47 Å². The molecule has 1 atom stereocenters. The summed E-state index contributed by atoms with van der Waals surface area (Å²) in [6, 6.07) is 10.3. The first kappa shape index (κ1) is 26.5. The number of ether oxygens (including phenoxy) is 2. The fraction of sp³-hybridized carbons (Fsp3) is 0.636. The van der Waals surface area contributed by atoms with Crippen molar-refractivity contribution in [2.45, 2.75) is 39.4 Å². The number of nitrogens with zero attached hydrogens (tertiary/aromatic N) is 3. The number of guanidine groups is 1. The first-order valence-electron chi connectivity index (χ1n) is 10.3. The summed E-state index contributed by atoms with van der Waals surface area (Å²) in [6.45, 7) is 10.1. The van der Waals surface area contributed by atoms with Gasteiger partial charge in [0.2, 0.25) is 0 Å². The van der Waals surface area contributed by atoms with E-state index < -0.39 is 5.60 Å². The second-order valence-corrected chi connectivity index (χ2v) is 8.48. The fourth-order valence-corrected chi connectivity index (χ4v) is 3.18. The van der Waals surface area contributed by atoms with Crippen LogP contribution in [0, 0.1) is 5.92 Å². The van der Waals surface area contributed by atoms with E-state index in [0.717, 1.165) is 32.1 Å². The van der Waals surface area contributed by atoms with Crippen molar-refractivity contribution in [2.24, 2.45) is 10.9 Å². The molecule has 0 radical (unpaired) electrons. The van der Waals surface area contributed by atoms with Crippen molar-refractivity contribution in [3.63, 3.8) is 0 Å². The van der Waals surface area contributed by atoms with Crippen LogP contribution >= 0.6 is 24.0 Å². The number of hydrogen-bond acceptors (Lipinski definition) is 4. The number of hydrogen-bond donors (Lipinski definition) is 1. The summed E-state index contributed by atoms with van der Waals surface area (Å²) in [5.41, 5.74) is 0.719. The van der Waals surface area contributed by atoms with E-state index >= 15 is 0 Å².